The van der Waals surface area contributed by atoms with E-state index in [0.29, 0.717) is 22.1 Å². The Kier molecular flexibility index (Phi) is 10.8. The van der Waals surface area contributed by atoms with Gasteiger partial charge in [0.25, 0.3) is 5.91 Å². The summed E-state index contributed by atoms with van der Waals surface area (Å²) in [5.41, 5.74) is 2.97. The molecule has 0 aliphatic heterocycles. The molecule has 0 radical (unpaired) electrons. The van der Waals surface area contributed by atoms with Crippen molar-refractivity contribution in [2.45, 2.75) is 22.9 Å². The predicted molar refractivity (Wildman–Crippen MR) is 164 cm³/mol. The number of furan rings is 1. The molecule has 232 valence electrons. The van der Waals surface area contributed by atoms with Crippen molar-refractivity contribution in [3.8, 4) is 11.5 Å². The molecule has 15 heteroatoms. The Morgan fingerprint density at radius 2 is 1.59 bits per heavy atom. The largest absolute Gasteiger partial charge is 0.493 e. The predicted octanol–water partition coefficient (Wildman–Crippen LogP) is 3.77. The average molecular weight is 661 g/mol. The lowest BCUT2D eigenvalue weighted by Gasteiger charge is -2.22. The molecule has 1 heterocycles. The first-order chi connectivity index (χ1) is 21.0. The highest BCUT2D eigenvalue weighted by atomic mass is 35.5. The molecule has 0 unspecified atom stereocenters. The van der Waals surface area contributed by atoms with E-state index < -0.39 is 32.5 Å². The third-order valence-corrected chi connectivity index (χ3v) is 9.60. The van der Waals surface area contributed by atoms with Gasteiger partial charge in [-0.15, -0.1) is 0 Å². The second kappa shape index (κ2) is 14.5. The van der Waals surface area contributed by atoms with Gasteiger partial charge in [0.05, 0.1) is 43.3 Å². The Morgan fingerprint density at radius 3 is 2.27 bits per heavy atom. The van der Waals surface area contributed by atoms with Crippen LogP contribution >= 0.6 is 11.6 Å². The summed E-state index contributed by atoms with van der Waals surface area (Å²) >= 11 is 5.82. The first kappa shape index (κ1) is 32.7. The minimum Gasteiger partial charge on any atom is -0.493 e. The van der Waals surface area contributed by atoms with Crippen molar-refractivity contribution < 1.29 is 35.5 Å². The van der Waals surface area contributed by atoms with Crippen molar-refractivity contribution >= 4 is 43.8 Å². The van der Waals surface area contributed by atoms with Gasteiger partial charge in [-0.3, -0.25) is 4.79 Å². The molecule has 0 aliphatic carbocycles. The van der Waals surface area contributed by atoms with E-state index in [4.69, 9.17) is 25.5 Å². The molecule has 3 aromatic carbocycles. The maximum atomic E-state index is 13.6. The van der Waals surface area contributed by atoms with Crippen LogP contribution in [-0.4, -0.2) is 54.0 Å². The minimum absolute atomic E-state index is 0.0485. The summed E-state index contributed by atoms with van der Waals surface area (Å²) in [5.74, 6) is 0.394. The molecule has 0 aliphatic rings. The summed E-state index contributed by atoms with van der Waals surface area (Å²) in [6.07, 6.45) is 1.21. The molecular formula is C29H29ClN4O8S2. The van der Waals surface area contributed by atoms with Crippen molar-refractivity contribution in [1.29, 1.82) is 0 Å². The topological polar surface area (TPSA) is 157 Å². The van der Waals surface area contributed by atoms with Gasteiger partial charge in [-0.1, -0.05) is 41.9 Å². The molecule has 1 amide bonds. The first-order valence-electron chi connectivity index (χ1n) is 12.9. The molecule has 44 heavy (non-hydrogen) atoms. The lowest BCUT2D eigenvalue weighted by molar-refractivity contribution is -0.121. The van der Waals surface area contributed by atoms with Crippen molar-refractivity contribution in [2.75, 3.05) is 20.8 Å². The molecule has 12 nitrogen and oxygen atoms in total. The van der Waals surface area contributed by atoms with Crippen LogP contribution in [0.2, 0.25) is 5.02 Å². The average Bonchev–Trinajstić information content (AvgIpc) is 3.48. The second-order valence-electron chi connectivity index (χ2n) is 9.15. The van der Waals surface area contributed by atoms with Crippen LogP contribution in [-0.2, 0) is 37.9 Å². The normalized spacial score (nSPS) is 12.0. The van der Waals surface area contributed by atoms with E-state index in [1.807, 2.05) is 0 Å². The van der Waals surface area contributed by atoms with Crippen molar-refractivity contribution in [2.24, 2.45) is 5.10 Å². The number of rotatable bonds is 14. The third-order valence-electron chi connectivity index (χ3n) is 6.14. The van der Waals surface area contributed by atoms with E-state index >= 15 is 0 Å². The summed E-state index contributed by atoms with van der Waals surface area (Å²) in [6, 6.07) is 21.8. The van der Waals surface area contributed by atoms with Gasteiger partial charge in [0.2, 0.25) is 20.0 Å². The zero-order valence-corrected chi connectivity index (χ0v) is 26.0. The SMILES string of the molecule is COc1ccc(S(=O)(=O)N(CC(=O)N/N=C\c2ccc(CNS(=O)(=O)c3ccc(Cl)cc3)o2)Cc2ccccc2)cc1OC. The van der Waals surface area contributed by atoms with Crippen LogP contribution in [0.25, 0.3) is 0 Å². The summed E-state index contributed by atoms with van der Waals surface area (Å²) in [5, 5.41) is 4.27. The zero-order chi connectivity index (χ0) is 31.7. The number of hydrogen-bond acceptors (Lipinski definition) is 9. The van der Waals surface area contributed by atoms with E-state index in [-0.39, 0.29) is 34.4 Å². The van der Waals surface area contributed by atoms with Gasteiger partial charge in [-0.2, -0.15) is 9.41 Å². The summed E-state index contributed by atoms with van der Waals surface area (Å²) in [4.78, 5) is 12.8. The van der Waals surface area contributed by atoms with E-state index in [1.165, 1.54) is 69.0 Å². The fourth-order valence-electron chi connectivity index (χ4n) is 3.92. The fraction of sp³-hybridized carbons (Fsp3) is 0.172. The first-order valence-corrected chi connectivity index (χ1v) is 16.2. The molecular weight excluding hydrogens is 632 g/mol. The van der Waals surface area contributed by atoms with Crippen LogP contribution in [0.4, 0.5) is 0 Å². The Labute approximate surface area is 260 Å². The van der Waals surface area contributed by atoms with E-state index in [1.54, 1.807) is 36.4 Å². The van der Waals surface area contributed by atoms with E-state index in [2.05, 4.69) is 15.2 Å². The van der Waals surface area contributed by atoms with E-state index in [9.17, 15) is 21.6 Å². The highest BCUT2D eigenvalue weighted by Crippen LogP contribution is 2.31. The van der Waals surface area contributed by atoms with Gasteiger partial charge in [-0.25, -0.2) is 27.0 Å². The molecule has 0 spiro atoms. The van der Waals surface area contributed by atoms with Crippen LogP contribution in [0.3, 0.4) is 0 Å². The Morgan fingerprint density at radius 1 is 0.909 bits per heavy atom. The lowest BCUT2D eigenvalue weighted by Crippen LogP contribution is -2.39. The van der Waals surface area contributed by atoms with Crippen molar-refractivity contribution in [3.63, 3.8) is 0 Å². The van der Waals surface area contributed by atoms with Gasteiger partial charge >= 0.3 is 0 Å². The number of methoxy groups -OCH3 is 2. The number of halogens is 1. The summed E-state index contributed by atoms with van der Waals surface area (Å²) < 4.78 is 71.6. The van der Waals surface area contributed by atoms with Crippen LogP contribution in [0.1, 0.15) is 17.1 Å². The number of hydrazone groups is 1. The summed E-state index contributed by atoms with van der Waals surface area (Å²) in [7, 11) is -5.13. The molecule has 0 saturated carbocycles. The van der Waals surface area contributed by atoms with Gasteiger partial charge in [0.15, 0.2) is 11.5 Å². The standard InChI is InChI=1S/C29H29ClN4O8S2/c1-40-27-15-14-26(16-28(27)41-2)44(38,39)34(19-21-6-4-3-5-7-21)20-29(35)33-31-17-23-10-11-24(42-23)18-32-43(36,37)25-12-8-22(30)9-13-25/h3-17,32H,18-20H2,1-2H3,(H,33,35)/b31-17-. The van der Waals surface area contributed by atoms with Crippen molar-refractivity contribution in [1.82, 2.24) is 14.5 Å². The molecule has 4 aromatic rings. The minimum atomic E-state index is -4.16. The number of nitrogens with one attached hydrogen (secondary N) is 2. The molecule has 0 atom stereocenters. The smallest absolute Gasteiger partial charge is 0.255 e. The quantitative estimate of drug-likeness (QED) is 0.153. The number of carbonyl (C=O) groups excluding carboxylic acids is 1. The number of amides is 1. The summed E-state index contributed by atoms with van der Waals surface area (Å²) in [6.45, 7) is -0.755. The maximum Gasteiger partial charge on any atom is 0.255 e. The molecule has 2 N–H and O–H groups in total. The Hall–Kier alpha value is -4.21. The number of ether oxygens (including phenoxy) is 2. The van der Waals surface area contributed by atoms with Crippen LogP contribution in [0.15, 0.2) is 104 Å². The number of hydrogen-bond donors (Lipinski definition) is 2. The number of nitrogens with zero attached hydrogens (tertiary/aromatic N) is 2. The molecule has 0 bridgehead atoms. The number of benzene rings is 3. The van der Waals surface area contributed by atoms with Crippen LogP contribution < -0.4 is 19.6 Å². The molecule has 0 fully saturated rings. The number of carbonyl (C=O) groups is 1. The monoisotopic (exact) mass is 660 g/mol. The zero-order valence-electron chi connectivity index (χ0n) is 23.6. The lowest BCUT2D eigenvalue weighted by atomic mass is 10.2. The highest BCUT2D eigenvalue weighted by Gasteiger charge is 2.28. The van der Waals surface area contributed by atoms with E-state index in [0.717, 1.165) is 4.31 Å². The van der Waals surface area contributed by atoms with Gasteiger partial charge in [-0.05, 0) is 54.1 Å². The Bertz CT molecular complexity index is 1830. The van der Waals surface area contributed by atoms with Gasteiger partial charge < -0.3 is 13.9 Å². The van der Waals surface area contributed by atoms with Gasteiger partial charge in [0.1, 0.15) is 11.5 Å². The maximum absolute atomic E-state index is 13.6. The van der Waals surface area contributed by atoms with Crippen LogP contribution in [0.5, 0.6) is 11.5 Å². The third kappa shape index (κ3) is 8.45. The number of sulfonamides is 2. The Balaban J connectivity index is 1.41. The molecule has 0 saturated heterocycles. The van der Waals surface area contributed by atoms with Crippen molar-refractivity contribution in [3.05, 3.63) is 107 Å². The van der Waals surface area contributed by atoms with Crippen LogP contribution in [0, 0.1) is 0 Å². The highest BCUT2D eigenvalue weighted by molar-refractivity contribution is 7.89. The van der Waals surface area contributed by atoms with Gasteiger partial charge in [0, 0.05) is 17.6 Å². The molecule has 1 aromatic heterocycles. The fourth-order valence-corrected chi connectivity index (χ4v) is 6.44. The molecule has 4 rings (SSSR count). The second-order valence-corrected chi connectivity index (χ2v) is 13.3.